The third-order valence-electron chi connectivity index (χ3n) is 5.80. The summed E-state index contributed by atoms with van der Waals surface area (Å²) in [5.41, 5.74) is 4.14. The first-order chi connectivity index (χ1) is 18.6. The van der Waals surface area contributed by atoms with E-state index in [9.17, 15) is 10.1 Å². The predicted octanol–water partition coefficient (Wildman–Crippen LogP) is 6.43. The van der Waals surface area contributed by atoms with Gasteiger partial charge in [0, 0.05) is 34.6 Å². The molecule has 7 nitrogen and oxygen atoms in total. The number of rotatable bonds is 10. The summed E-state index contributed by atoms with van der Waals surface area (Å²) in [7, 11) is 4.74. The zero-order valence-corrected chi connectivity index (χ0v) is 22.2. The van der Waals surface area contributed by atoms with Gasteiger partial charge in [-0.05, 0) is 36.4 Å². The molecule has 3 aromatic carbocycles. The number of para-hydroxylation sites is 1. The molecular weight excluding hydrogens is 498 g/mol. The number of pyridine rings is 1. The summed E-state index contributed by atoms with van der Waals surface area (Å²) in [6, 6.07) is 26.7. The average molecular weight is 526 g/mol. The Kier molecular flexibility index (Phi) is 8.85. The normalized spacial score (nSPS) is 10.4. The Balaban J connectivity index is 1.65. The van der Waals surface area contributed by atoms with Gasteiger partial charge in [-0.2, -0.15) is 5.26 Å². The van der Waals surface area contributed by atoms with Gasteiger partial charge < -0.3 is 19.5 Å². The molecule has 0 aliphatic heterocycles. The van der Waals surface area contributed by atoms with Gasteiger partial charge in [0.1, 0.15) is 16.8 Å². The molecule has 0 aliphatic rings. The van der Waals surface area contributed by atoms with E-state index in [2.05, 4.69) is 11.4 Å². The van der Waals surface area contributed by atoms with Crippen LogP contribution in [0.25, 0.3) is 22.4 Å². The van der Waals surface area contributed by atoms with Crippen LogP contribution in [-0.4, -0.2) is 38.0 Å². The molecule has 0 saturated carbocycles. The Labute approximate surface area is 226 Å². The lowest BCUT2D eigenvalue weighted by atomic mass is 9.98. The number of benzene rings is 3. The fourth-order valence-corrected chi connectivity index (χ4v) is 4.88. The fraction of sp³-hybridized carbons (Fsp3) is 0.167. The molecule has 0 unspecified atom stereocenters. The number of hydrogen-bond acceptors (Lipinski definition) is 7. The minimum absolute atomic E-state index is 0.130. The molecule has 0 aliphatic carbocycles. The minimum atomic E-state index is -0.130. The second kappa shape index (κ2) is 12.7. The number of methoxy groups -OCH3 is 3. The maximum atomic E-state index is 12.6. The largest absolute Gasteiger partial charge is 0.497 e. The number of nitrogens with zero attached hydrogens (tertiary/aromatic N) is 2. The molecule has 0 radical (unpaired) electrons. The molecule has 0 fully saturated rings. The summed E-state index contributed by atoms with van der Waals surface area (Å²) in [5.74, 6) is 2.13. The Morgan fingerprint density at radius 1 is 0.921 bits per heavy atom. The summed E-state index contributed by atoms with van der Waals surface area (Å²) in [6.07, 6.45) is 0.247. The second-order valence-corrected chi connectivity index (χ2v) is 9.21. The maximum Gasteiger partial charge on any atom is 0.225 e. The SMILES string of the molecule is COc1ccc(NC(=O)CCSc2nc(-c3ccccc3)cc(-c3cccc(OC)c3OC)c2C#N)cc1. The van der Waals surface area contributed by atoms with Gasteiger partial charge in [0.05, 0.1) is 32.6 Å². The Hall–Kier alpha value is -4.48. The number of ether oxygens (including phenoxy) is 3. The Morgan fingerprint density at radius 2 is 1.68 bits per heavy atom. The number of nitrogens with one attached hydrogen (secondary N) is 1. The number of amides is 1. The highest BCUT2D eigenvalue weighted by molar-refractivity contribution is 7.99. The van der Waals surface area contributed by atoms with Crippen LogP contribution in [0.15, 0.2) is 83.9 Å². The standard InChI is InChI=1S/C30H27N3O4S/c1-35-22-14-12-21(13-15-22)32-28(34)16-17-38-30-25(19-31)24(18-26(33-30)20-8-5-4-6-9-20)23-10-7-11-27(36-2)29(23)37-3/h4-15,18H,16-17H2,1-3H3,(H,32,34). The van der Waals surface area contributed by atoms with E-state index in [0.29, 0.717) is 39.1 Å². The lowest BCUT2D eigenvalue weighted by Crippen LogP contribution is -2.12. The lowest BCUT2D eigenvalue weighted by Gasteiger charge is -2.16. The number of aromatic nitrogens is 1. The Morgan fingerprint density at radius 3 is 2.34 bits per heavy atom. The molecule has 192 valence electrons. The van der Waals surface area contributed by atoms with Crippen LogP contribution < -0.4 is 19.5 Å². The van der Waals surface area contributed by atoms with Gasteiger partial charge in [0.25, 0.3) is 0 Å². The van der Waals surface area contributed by atoms with Gasteiger partial charge in [-0.1, -0.05) is 42.5 Å². The smallest absolute Gasteiger partial charge is 0.225 e. The fourth-order valence-electron chi connectivity index (χ4n) is 3.94. The monoisotopic (exact) mass is 525 g/mol. The number of carbonyl (C=O) groups is 1. The van der Waals surface area contributed by atoms with Crippen LogP contribution in [0.5, 0.6) is 17.2 Å². The quantitative estimate of drug-likeness (QED) is 0.238. The number of carbonyl (C=O) groups excluding carboxylic acids is 1. The van der Waals surface area contributed by atoms with Crippen molar-refractivity contribution in [3.63, 3.8) is 0 Å². The highest BCUT2D eigenvalue weighted by atomic mass is 32.2. The van der Waals surface area contributed by atoms with Crippen molar-refractivity contribution in [1.82, 2.24) is 4.98 Å². The molecule has 0 bridgehead atoms. The van der Waals surface area contributed by atoms with E-state index >= 15 is 0 Å². The lowest BCUT2D eigenvalue weighted by molar-refractivity contribution is -0.115. The van der Waals surface area contributed by atoms with Crippen LogP contribution in [0.3, 0.4) is 0 Å². The van der Waals surface area contributed by atoms with Crippen LogP contribution in [0.2, 0.25) is 0 Å². The molecular formula is C30H27N3O4S. The highest BCUT2D eigenvalue weighted by Gasteiger charge is 2.20. The first-order valence-corrected chi connectivity index (χ1v) is 12.8. The molecule has 0 atom stereocenters. The first-order valence-electron chi connectivity index (χ1n) is 11.9. The summed E-state index contributed by atoms with van der Waals surface area (Å²) in [6.45, 7) is 0. The highest BCUT2D eigenvalue weighted by Crippen LogP contribution is 2.42. The van der Waals surface area contributed by atoms with Crippen molar-refractivity contribution < 1.29 is 19.0 Å². The van der Waals surface area contributed by atoms with Crippen LogP contribution in [0.1, 0.15) is 12.0 Å². The third-order valence-corrected chi connectivity index (χ3v) is 6.78. The molecule has 4 aromatic rings. The molecule has 1 amide bonds. The average Bonchev–Trinajstić information content (AvgIpc) is 2.97. The molecule has 1 heterocycles. The van der Waals surface area contributed by atoms with Crippen molar-refractivity contribution in [2.45, 2.75) is 11.4 Å². The molecule has 4 rings (SSSR count). The Bertz CT molecular complexity index is 1450. The summed E-state index contributed by atoms with van der Waals surface area (Å²) in [5, 5.41) is 13.6. The number of thioether (sulfide) groups is 1. The molecule has 38 heavy (non-hydrogen) atoms. The van der Waals surface area contributed by atoms with Crippen LogP contribution in [0, 0.1) is 11.3 Å². The van der Waals surface area contributed by atoms with E-state index in [1.807, 2.05) is 54.6 Å². The number of anilines is 1. The van der Waals surface area contributed by atoms with Gasteiger partial charge in [-0.3, -0.25) is 4.79 Å². The number of nitriles is 1. The zero-order valence-electron chi connectivity index (χ0n) is 21.4. The van der Waals surface area contributed by atoms with Gasteiger partial charge >= 0.3 is 0 Å². The second-order valence-electron chi connectivity index (χ2n) is 8.13. The van der Waals surface area contributed by atoms with Crippen molar-refractivity contribution in [3.05, 3.63) is 84.4 Å². The van der Waals surface area contributed by atoms with E-state index in [1.54, 1.807) is 45.6 Å². The molecule has 0 spiro atoms. The van der Waals surface area contributed by atoms with Crippen molar-refractivity contribution in [2.75, 3.05) is 32.4 Å². The van der Waals surface area contributed by atoms with E-state index in [1.165, 1.54) is 11.8 Å². The molecule has 1 aromatic heterocycles. The van der Waals surface area contributed by atoms with Crippen LogP contribution in [0.4, 0.5) is 5.69 Å². The third kappa shape index (κ3) is 6.07. The van der Waals surface area contributed by atoms with E-state index < -0.39 is 0 Å². The summed E-state index contributed by atoms with van der Waals surface area (Å²) >= 11 is 1.37. The van der Waals surface area contributed by atoms with E-state index in [-0.39, 0.29) is 12.3 Å². The summed E-state index contributed by atoms with van der Waals surface area (Å²) in [4.78, 5) is 17.4. The molecule has 0 saturated heterocycles. The van der Waals surface area contributed by atoms with Gasteiger partial charge in [0.15, 0.2) is 11.5 Å². The topological polar surface area (TPSA) is 93.5 Å². The number of hydrogen-bond donors (Lipinski definition) is 1. The van der Waals surface area contributed by atoms with Crippen LogP contribution >= 0.6 is 11.8 Å². The van der Waals surface area contributed by atoms with Gasteiger partial charge in [-0.15, -0.1) is 11.8 Å². The predicted molar refractivity (Wildman–Crippen MR) is 150 cm³/mol. The molecule has 1 N–H and O–H groups in total. The van der Waals surface area contributed by atoms with Crippen molar-refractivity contribution >= 4 is 23.4 Å². The summed E-state index contributed by atoms with van der Waals surface area (Å²) < 4.78 is 16.3. The zero-order chi connectivity index (χ0) is 26.9. The minimum Gasteiger partial charge on any atom is -0.497 e. The van der Waals surface area contributed by atoms with Gasteiger partial charge in [0.2, 0.25) is 5.91 Å². The maximum absolute atomic E-state index is 12.6. The van der Waals surface area contributed by atoms with E-state index in [0.717, 1.165) is 22.6 Å². The molecule has 8 heteroatoms. The van der Waals surface area contributed by atoms with Gasteiger partial charge in [-0.25, -0.2) is 4.98 Å². The van der Waals surface area contributed by atoms with E-state index in [4.69, 9.17) is 19.2 Å². The first kappa shape index (κ1) is 26.6. The van der Waals surface area contributed by atoms with Crippen molar-refractivity contribution in [1.29, 1.82) is 5.26 Å². The van der Waals surface area contributed by atoms with Crippen LogP contribution in [-0.2, 0) is 4.79 Å². The van der Waals surface area contributed by atoms with Crippen molar-refractivity contribution in [3.8, 4) is 45.7 Å². The van der Waals surface area contributed by atoms with Crippen molar-refractivity contribution in [2.24, 2.45) is 0 Å².